The van der Waals surface area contributed by atoms with Gasteiger partial charge in [-0.15, -0.1) is 0 Å². The van der Waals surface area contributed by atoms with Crippen LogP contribution >= 0.6 is 0 Å². The van der Waals surface area contributed by atoms with E-state index in [1.807, 2.05) is 13.0 Å². The Hall–Kier alpha value is -2.08. The maximum Gasteiger partial charge on any atom is 0.265 e. The molecule has 6 heteroatoms. The van der Waals surface area contributed by atoms with Crippen molar-refractivity contribution in [3.05, 3.63) is 48.7 Å². The van der Waals surface area contributed by atoms with E-state index in [-0.39, 0.29) is 4.90 Å². The molecule has 1 heterocycles. The van der Waals surface area contributed by atoms with Crippen LogP contribution in [0.2, 0.25) is 0 Å². The van der Waals surface area contributed by atoms with Crippen molar-refractivity contribution >= 4 is 15.7 Å². The molecule has 106 valence electrons. The fraction of sp³-hybridized carbons (Fsp3) is 0.214. The summed E-state index contributed by atoms with van der Waals surface area (Å²) in [4.78, 5) is 4.11. The Morgan fingerprint density at radius 1 is 1.15 bits per heavy atom. The number of nitrogens with zero attached hydrogens (tertiary/aromatic N) is 2. The van der Waals surface area contributed by atoms with Gasteiger partial charge in [-0.05, 0) is 25.1 Å². The summed E-state index contributed by atoms with van der Waals surface area (Å²) in [6, 6.07) is 11.9. The van der Waals surface area contributed by atoms with Crippen LogP contribution in [0, 0.1) is 0 Å². The molecule has 0 spiro atoms. The molecule has 0 atom stereocenters. The molecule has 0 saturated carbocycles. The highest BCUT2D eigenvalue weighted by atomic mass is 32.2. The van der Waals surface area contributed by atoms with Crippen LogP contribution in [0.5, 0.6) is 5.88 Å². The molecule has 20 heavy (non-hydrogen) atoms. The van der Waals surface area contributed by atoms with Crippen molar-refractivity contribution in [1.82, 2.24) is 4.98 Å². The number of hydrogen-bond acceptors (Lipinski definition) is 4. The van der Waals surface area contributed by atoms with Gasteiger partial charge in [0.1, 0.15) is 4.90 Å². The Kier molecular flexibility index (Phi) is 4.24. The molecule has 0 aliphatic carbocycles. The van der Waals surface area contributed by atoms with Gasteiger partial charge in [0.2, 0.25) is 5.88 Å². The average molecular weight is 292 g/mol. The van der Waals surface area contributed by atoms with E-state index in [0.29, 0.717) is 18.2 Å². The van der Waals surface area contributed by atoms with Gasteiger partial charge in [-0.2, -0.15) is 0 Å². The minimum atomic E-state index is -3.61. The van der Waals surface area contributed by atoms with E-state index in [2.05, 4.69) is 4.98 Å². The van der Waals surface area contributed by atoms with Crippen LogP contribution in [0.4, 0.5) is 5.69 Å². The number of rotatable bonds is 5. The third-order valence-electron chi connectivity index (χ3n) is 2.78. The predicted octanol–water partition coefficient (Wildman–Crippen LogP) is 2.31. The third kappa shape index (κ3) is 2.91. The van der Waals surface area contributed by atoms with Gasteiger partial charge in [-0.25, -0.2) is 13.4 Å². The second-order valence-corrected chi connectivity index (χ2v) is 6.04. The highest BCUT2D eigenvalue weighted by Gasteiger charge is 2.21. The molecule has 0 unspecified atom stereocenters. The molecule has 5 nitrogen and oxygen atoms in total. The van der Waals surface area contributed by atoms with Gasteiger partial charge in [-0.1, -0.05) is 18.2 Å². The zero-order chi connectivity index (χ0) is 14.6. The van der Waals surface area contributed by atoms with E-state index < -0.39 is 10.0 Å². The Morgan fingerprint density at radius 3 is 2.40 bits per heavy atom. The largest absolute Gasteiger partial charge is 0.478 e. The molecule has 0 bridgehead atoms. The lowest BCUT2D eigenvalue weighted by Crippen LogP contribution is -2.26. The first kappa shape index (κ1) is 14.3. The molecule has 2 rings (SSSR count). The normalized spacial score (nSPS) is 11.1. The van der Waals surface area contributed by atoms with Crippen molar-refractivity contribution in [3.8, 4) is 5.88 Å². The van der Waals surface area contributed by atoms with E-state index in [1.54, 1.807) is 30.3 Å². The molecule has 0 N–H and O–H groups in total. The van der Waals surface area contributed by atoms with Crippen LogP contribution in [0.15, 0.2) is 53.6 Å². The van der Waals surface area contributed by atoms with E-state index in [1.165, 1.54) is 23.6 Å². The summed E-state index contributed by atoms with van der Waals surface area (Å²) in [6.45, 7) is 2.33. The first-order valence-electron chi connectivity index (χ1n) is 6.18. The van der Waals surface area contributed by atoms with Gasteiger partial charge in [0.15, 0.2) is 0 Å². The second kappa shape index (κ2) is 5.92. The first-order chi connectivity index (χ1) is 9.55. The van der Waals surface area contributed by atoms with Crippen molar-refractivity contribution < 1.29 is 13.2 Å². The van der Waals surface area contributed by atoms with Crippen LogP contribution in [-0.2, 0) is 10.0 Å². The monoisotopic (exact) mass is 292 g/mol. The minimum Gasteiger partial charge on any atom is -0.478 e. The molecule has 0 saturated heterocycles. The Balaban J connectivity index is 2.30. The highest BCUT2D eigenvalue weighted by Crippen LogP contribution is 2.21. The number of hydrogen-bond donors (Lipinski definition) is 0. The second-order valence-electron chi connectivity index (χ2n) is 4.07. The summed E-state index contributed by atoms with van der Waals surface area (Å²) in [5, 5.41) is 0. The van der Waals surface area contributed by atoms with Gasteiger partial charge >= 0.3 is 0 Å². The van der Waals surface area contributed by atoms with Crippen molar-refractivity contribution in [1.29, 1.82) is 0 Å². The minimum absolute atomic E-state index is 0.132. The standard InChI is InChI=1S/C14H16N2O3S/c1-3-19-14-10-9-13(11-15-14)20(17,18)16(2)12-7-5-4-6-8-12/h4-11H,3H2,1-2H3. The maximum absolute atomic E-state index is 12.4. The molecule has 0 radical (unpaired) electrons. The number of aromatic nitrogens is 1. The van der Waals surface area contributed by atoms with E-state index >= 15 is 0 Å². The van der Waals surface area contributed by atoms with Crippen LogP contribution < -0.4 is 9.04 Å². The van der Waals surface area contributed by atoms with Gasteiger partial charge in [0.05, 0.1) is 18.5 Å². The molecule has 0 aliphatic rings. The van der Waals surface area contributed by atoms with Gasteiger partial charge in [0.25, 0.3) is 10.0 Å². The zero-order valence-corrected chi connectivity index (χ0v) is 12.2. The molecule has 2 aromatic rings. The molecular formula is C14H16N2O3S. The van der Waals surface area contributed by atoms with E-state index in [4.69, 9.17) is 4.74 Å². The Labute approximate surface area is 118 Å². The molecule has 1 aromatic carbocycles. The Morgan fingerprint density at radius 2 is 1.85 bits per heavy atom. The molecule has 0 fully saturated rings. The topological polar surface area (TPSA) is 59.5 Å². The predicted molar refractivity (Wildman–Crippen MR) is 77.4 cm³/mol. The van der Waals surface area contributed by atoms with Crippen molar-refractivity contribution in [2.45, 2.75) is 11.8 Å². The number of para-hydroxylation sites is 1. The first-order valence-corrected chi connectivity index (χ1v) is 7.62. The average Bonchev–Trinajstić information content (AvgIpc) is 2.48. The van der Waals surface area contributed by atoms with Crippen molar-refractivity contribution in [2.75, 3.05) is 18.0 Å². The number of pyridine rings is 1. The highest BCUT2D eigenvalue weighted by molar-refractivity contribution is 7.92. The summed E-state index contributed by atoms with van der Waals surface area (Å²) in [7, 11) is -2.09. The van der Waals surface area contributed by atoms with Crippen LogP contribution in [-0.4, -0.2) is 27.1 Å². The van der Waals surface area contributed by atoms with Crippen LogP contribution in [0.1, 0.15) is 6.92 Å². The van der Waals surface area contributed by atoms with Gasteiger partial charge in [-0.3, -0.25) is 4.31 Å². The Bertz CT molecular complexity index is 655. The summed E-state index contributed by atoms with van der Waals surface area (Å²) < 4.78 is 31.3. The summed E-state index contributed by atoms with van der Waals surface area (Å²) in [6.07, 6.45) is 1.31. The lowest BCUT2D eigenvalue weighted by Gasteiger charge is -2.19. The van der Waals surface area contributed by atoms with Gasteiger partial charge in [0, 0.05) is 13.1 Å². The summed E-state index contributed by atoms with van der Waals surface area (Å²) in [5.74, 6) is 0.411. The van der Waals surface area contributed by atoms with Crippen LogP contribution in [0.25, 0.3) is 0 Å². The lowest BCUT2D eigenvalue weighted by molar-refractivity contribution is 0.326. The molecule has 0 amide bonds. The third-order valence-corrected chi connectivity index (χ3v) is 4.55. The van der Waals surface area contributed by atoms with E-state index in [0.717, 1.165) is 0 Å². The fourth-order valence-corrected chi connectivity index (χ4v) is 2.83. The zero-order valence-electron chi connectivity index (χ0n) is 11.4. The smallest absolute Gasteiger partial charge is 0.265 e. The van der Waals surface area contributed by atoms with E-state index in [9.17, 15) is 8.42 Å². The number of ether oxygens (including phenoxy) is 1. The number of sulfonamides is 1. The van der Waals surface area contributed by atoms with Gasteiger partial charge < -0.3 is 4.74 Å². The number of benzene rings is 1. The molecule has 1 aromatic heterocycles. The molecule has 0 aliphatic heterocycles. The quantitative estimate of drug-likeness (QED) is 0.848. The summed E-state index contributed by atoms with van der Waals surface area (Å²) in [5.41, 5.74) is 0.599. The fourth-order valence-electron chi connectivity index (χ4n) is 1.69. The van der Waals surface area contributed by atoms with Crippen LogP contribution in [0.3, 0.4) is 0 Å². The molecular weight excluding hydrogens is 276 g/mol. The summed E-state index contributed by atoms with van der Waals surface area (Å²) >= 11 is 0. The lowest BCUT2D eigenvalue weighted by atomic mass is 10.3. The SMILES string of the molecule is CCOc1ccc(S(=O)(=O)N(C)c2ccccc2)cn1. The van der Waals surface area contributed by atoms with Crippen molar-refractivity contribution in [2.24, 2.45) is 0 Å². The maximum atomic E-state index is 12.4. The van der Waals surface area contributed by atoms with Crippen molar-refractivity contribution in [3.63, 3.8) is 0 Å². The number of anilines is 1.